The van der Waals surface area contributed by atoms with Crippen molar-refractivity contribution in [2.75, 3.05) is 32.8 Å². The minimum absolute atomic E-state index is 0.106. The zero-order valence-electron chi connectivity index (χ0n) is 16.4. The maximum atomic E-state index is 12.7. The molecule has 2 aromatic rings. The average molecular weight is 357 g/mol. The molecule has 5 heteroatoms. The number of benzene rings is 1. The number of H-pyrrole nitrogens is 1. The Labute approximate surface area is 156 Å². The second-order valence-corrected chi connectivity index (χ2v) is 7.50. The Hall–Kier alpha value is -1.85. The summed E-state index contributed by atoms with van der Waals surface area (Å²) >= 11 is 0. The van der Waals surface area contributed by atoms with Gasteiger partial charge in [-0.05, 0) is 49.9 Å². The summed E-state index contributed by atoms with van der Waals surface area (Å²) in [6.07, 6.45) is 1.36. The van der Waals surface area contributed by atoms with E-state index in [0.29, 0.717) is 6.42 Å². The fourth-order valence-electron chi connectivity index (χ4n) is 3.96. The highest BCUT2D eigenvalue weighted by atomic mass is 16.5. The fraction of sp³-hybridized carbons (Fsp3) is 0.571. The summed E-state index contributed by atoms with van der Waals surface area (Å²) in [6.45, 7) is 12.8. The van der Waals surface area contributed by atoms with Crippen LogP contribution < -0.4 is 5.32 Å². The molecule has 0 spiro atoms. The summed E-state index contributed by atoms with van der Waals surface area (Å²) in [4.78, 5) is 18.5. The largest absolute Gasteiger partial charge is 0.379 e. The lowest BCUT2D eigenvalue weighted by Crippen LogP contribution is -2.47. The van der Waals surface area contributed by atoms with Gasteiger partial charge in [0.2, 0.25) is 5.91 Å². The average Bonchev–Trinajstić information content (AvgIpc) is 2.90. The zero-order valence-corrected chi connectivity index (χ0v) is 16.4. The van der Waals surface area contributed by atoms with Crippen molar-refractivity contribution < 1.29 is 9.53 Å². The number of hydrogen-bond acceptors (Lipinski definition) is 3. The van der Waals surface area contributed by atoms with Crippen LogP contribution in [-0.2, 0) is 16.0 Å². The van der Waals surface area contributed by atoms with Crippen molar-refractivity contribution in [3.63, 3.8) is 0 Å². The number of aryl methyl sites for hydroxylation is 3. The van der Waals surface area contributed by atoms with Crippen LogP contribution in [0.5, 0.6) is 0 Å². The van der Waals surface area contributed by atoms with Gasteiger partial charge in [-0.1, -0.05) is 13.0 Å². The van der Waals surface area contributed by atoms with Gasteiger partial charge >= 0.3 is 0 Å². The van der Waals surface area contributed by atoms with Crippen LogP contribution in [0.2, 0.25) is 0 Å². The number of rotatable bonds is 6. The van der Waals surface area contributed by atoms with Crippen LogP contribution >= 0.6 is 0 Å². The molecule has 1 aromatic carbocycles. The first-order valence-corrected chi connectivity index (χ1v) is 9.65. The Kier molecular flexibility index (Phi) is 5.99. The lowest BCUT2D eigenvalue weighted by molar-refractivity contribution is -0.121. The lowest BCUT2D eigenvalue weighted by atomic mass is 10.0. The molecule has 3 rings (SSSR count). The van der Waals surface area contributed by atoms with E-state index in [1.54, 1.807) is 0 Å². The van der Waals surface area contributed by atoms with E-state index in [9.17, 15) is 4.79 Å². The quantitative estimate of drug-likeness (QED) is 0.836. The van der Waals surface area contributed by atoms with Gasteiger partial charge < -0.3 is 15.0 Å². The molecule has 0 bridgehead atoms. The van der Waals surface area contributed by atoms with Crippen molar-refractivity contribution in [1.29, 1.82) is 0 Å². The first kappa shape index (κ1) is 18.9. The van der Waals surface area contributed by atoms with Gasteiger partial charge in [0.25, 0.3) is 0 Å². The highest BCUT2D eigenvalue weighted by molar-refractivity contribution is 5.92. The van der Waals surface area contributed by atoms with Crippen LogP contribution in [0.25, 0.3) is 10.9 Å². The molecule has 5 nitrogen and oxygen atoms in total. The van der Waals surface area contributed by atoms with Crippen molar-refractivity contribution in [2.24, 2.45) is 0 Å². The molecule has 1 aromatic heterocycles. The van der Waals surface area contributed by atoms with E-state index in [4.69, 9.17) is 4.74 Å². The molecule has 142 valence electrons. The van der Waals surface area contributed by atoms with Crippen molar-refractivity contribution >= 4 is 16.8 Å². The first-order chi connectivity index (χ1) is 12.5. The van der Waals surface area contributed by atoms with Gasteiger partial charge in [-0.2, -0.15) is 0 Å². The van der Waals surface area contributed by atoms with Gasteiger partial charge in [0.1, 0.15) is 0 Å². The molecule has 1 saturated heterocycles. The molecule has 0 aliphatic carbocycles. The van der Waals surface area contributed by atoms with Crippen molar-refractivity contribution in [2.45, 2.75) is 46.6 Å². The number of carbonyl (C=O) groups excluding carboxylic acids is 1. The van der Waals surface area contributed by atoms with Crippen LogP contribution in [0.1, 0.15) is 35.7 Å². The van der Waals surface area contributed by atoms with Crippen molar-refractivity contribution in [1.82, 2.24) is 15.2 Å². The third kappa shape index (κ3) is 4.27. The molecule has 1 unspecified atom stereocenters. The molecule has 26 heavy (non-hydrogen) atoms. The van der Waals surface area contributed by atoms with Gasteiger partial charge in [0.15, 0.2) is 0 Å². The molecule has 1 aliphatic heterocycles. The molecular formula is C21H31N3O2. The zero-order chi connectivity index (χ0) is 18.7. The molecule has 1 amide bonds. The molecule has 1 aliphatic rings. The summed E-state index contributed by atoms with van der Waals surface area (Å²) < 4.78 is 5.41. The van der Waals surface area contributed by atoms with E-state index in [1.165, 1.54) is 16.5 Å². The Bertz CT molecular complexity index is 775. The van der Waals surface area contributed by atoms with E-state index in [1.807, 2.05) is 0 Å². The second kappa shape index (κ2) is 8.23. The van der Waals surface area contributed by atoms with E-state index in [2.05, 4.69) is 55.0 Å². The lowest BCUT2D eigenvalue weighted by Gasteiger charge is -2.30. The number of hydrogen-bond donors (Lipinski definition) is 2. The summed E-state index contributed by atoms with van der Waals surface area (Å²) in [6, 6.07) is 4.53. The number of morpholine rings is 1. The minimum Gasteiger partial charge on any atom is -0.379 e. The van der Waals surface area contributed by atoms with Gasteiger partial charge in [-0.25, -0.2) is 0 Å². The highest BCUT2D eigenvalue weighted by Gasteiger charge is 2.19. The van der Waals surface area contributed by atoms with Crippen molar-refractivity contribution in [3.8, 4) is 0 Å². The molecule has 0 saturated carbocycles. The number of aromatic nitrogens is 1. The molecule has 1 atom stereocenters. The minimum atomic E-state index is 0.106. The molecule has 2 N–H and O–H groups in total. The van der Waals surface area contributed by atoms with E-state index in [-0.39, 0.29) is 11.9 Å². The predicted molar refractivity (Wildman–Crippen MR) is 106 cm³/mol. The van der Waals surface area contributed by atoms with Crippen LogP contribution in [0.15, 0.2) is 12.1 Å². The predicted octanol–water partition coefficient (Wildman–Crippen LogP) is 2.86. The molecule has 2 heterocycles. The second-order valence-electron chi connectivity index (χ2n) is 7.50. The van der Waals surface area contributed by atoms with Crippen LogP contribution in [-0.4, -0.2) is 54.7 Å². The normalized spacial score (nSPS) is 16.8. The van der Waals surface area contributed by atoms with Crippen LogP contribution in [0.3, 0.4) is 0 Å². The maximum Gasteiger partial charge on any atom is 0.224 e. The number of ether oxygens (including phenoxy) is 1. The monoisotopic (exact) mass is 357 g/mol. The Morgan fingerprint density at radius 1 is 1.27 bits per heavy atom. The summed E-state index contributed by atoms with van der Waals surface area (Å²) in [7, 11) is 0. The van der Waals surface area contributed by atoms with Gasteiger partial charge in [-0.15, -0.1) is 0 Å². The Balaban J connectivity index is 1.69. The summed E-state index contributed by atoms with van der Waals surface area (Å²) in [5, 5.41) is 4.44. The van der Waals surface area contributed by atoms with Gasteiger partial charge in [-0.3, -0.25) is 9.69 Å². The molecule has 1 fully saturated rings. The van der Waals surface area contributed by atoms with Crippen molar-refractivity contribution in [3.05, 3.63) is 34.5 Å². The number of carbonyl (C=O) groups is 1. The third-order valence-electron chi connectivity index (χ3n) is 5.33. The number of aromatic amines is 1. The molecular weight excluding hydrogens is 326 g/mol. The SMILES string of the molecule is CCC(CN1CCOCC1)NC(=O)Cc1c(C)[nH]c2cc(C)cc(C)c12. The van der Waals surface area contributed by atoms with E-state index < -0.39 is 0 Å². The number of nitrogens with one attached hydrogen (secondary N) is 2. The van der Waals surface area contributed by atoms with Gasteiger partial charge in [0, 0.05) is 42.3 Å². The standard InChI is InChI=1S/C21H31N3O2/c1-5-17(13-24-6-8-26-9-7-24)23-20(25)12-18-16(4)22-19-11-14(2)10-15(3)21(18)19/h10-11,17,22H,5-9,12-13H2,1-4H3,(H,23,25). The third-order valence-corrected chi connectivity index (χ3v) is 5.33. The number of nitrogens with zero attached hydrogens (tertiary/aromatic N) is 1. The van der Waals surface area contributed by atoms with Crippen LogP contribution in [0.4, 0.5) is 0 Å². The number of fused-ring (bicyclic) bond motifs is 1. The highest BCUT2D eigenvalue weighted by Crippen LogP contribution is 2.27. The summed E-state index contributed by atoms with van der Waals surface area (Å²) in [5.41, 5.74) is 5.81. The fourth-order valence-corrected chi connectivity index (χ4v) is 3.96. The summed E-state index contributed by atoms with van der Waals surface area (Å²) in [5.74, 6) is 0.106. The topological polar surface area (TPSA) is 57.4 Å². The smallest absolute Gasteiger partial charge is 0.224 e. The Morgan fingerprint density at radius 3 is 2.69 bits per heavy atom. The maximum absolute atomic E-state index is 12.7. The first-order valence-electron chi connectivity index (χ1n) is 9.65. The Morgan fingerprint density at radius 2 is 2.00 bits per heavy atom. The van der Waals surface area contributed by atoms with Crippen LogP contribution in [0, 0.1) is 20.8 Å². The van der Waals surface area contributed by atoms with E-state index >= 15 is 0 Å². The number of amides is 1. The molecule has 0 radical (unpaired) electrons. The van der Waals surface area contributed by atoms with Gasteiger partial charge in [0.05, 0.1) is 19.6 Å². The van der Waals surface area contributed by atoms with E-state index in [0.717, 1.165) is 56.0 Å².